The Bertz CT molecular complexity index is 522. The van der Waals surface area contributed by atoms with Crippen molar-refractivity contribution < 1.29 is 9.42 Å². The van der Waals surface area contributed by atoms with Gasteiger partial charge in [0.2, 0.25) is 5.82 Å². The maximum Gasteiger partial charge on any atom is 0.256 e. The Morgan fingerprint density at radius 1 is 1.35 bits per heavy atom. The van der Waals surface area contributed by atoms with Gasteiger partial charge in [0.05, 0.1) is 0 Å². The molecule has 1 amide bonds. The van der Waals surface area contributed by atoms with Crippen LogP contribution >= 0.6 is 15.9 Å². The Morgan fingerprint density at radius 3 is 2.71 bits per heavy atom. The van der Waals surface area contributed by atoms with Crippen LogP contribution in [0.15, 0.2) is 33.4 Å². The third kappa shape index (κ3) is 2.71. The Balaban J connectivity index is 2.14. The highest BCUT2D eigenvalue weighted by atomic mass is 79.9. The predicted octanol–water partition coefficient (Wildman–Crippen LogP) is 2.65. The number of hydrogen-bond donors (Lipinski definition) is 1. The average molecular weight is 296 g/mol. The average Bonchev–Trinajstić information content (AvgIpc) is 2.77. The van der Waals surface area contributed by atoms with E-state index in [4.69, 9.17) is 0 Å². The van der Waals surface area contributed by atoms with Gasteiger partial charge in [0.1, 0.15) is 5.69 Å². The number of halogens is 1. The molecule has 0 aliphatic heterocycles. The van der Waals surface area contributed by atoms with Gasteiger partial charge in [-0.2, -0.15) is 0 Å². The summed E-state index contributed by atoms with van der Waals surface area (Å²) in [5, 5.41) is 9.99. The first-order valence-corrected chi connectivity index (χ1v) is 5.88. The van der Waals surface area contributed by atoms with Gasteiger partial charge in [-0.05, 0) is 35.8 Å². The van der Waals surface area contributed by atoms with Crippen molar-refractivity contribution in [3.63, 3.8) is 0 Å². The van der Waals surface area contributed by atoms with Crippen molar-refractivity contribution in [3.05, 3.63) is 40.0 Å². The van der Waals surface area contributed by atoms with Crippen molar-refractivity contribution in [1.29, 1.82) is 0 Å². The summed E-state index contributed by atoms with van der Waals surface area (Å²) in [6, 6.07) is 7.05. The molecule has 17 heavy (non-hydrogen) atoms. The van der Waals surface area contributed by atoms with E-state index in [1.807, 2.05) is 6.92 Å². The van der Waals surface area contributed by atoms with E-state index in [1.165, 1.54) is 0 Å². The first-order valence-electron chi connectivity index (χ1n) is 5.09. The molecule has 6 heteroatoms. The number of anilines is 1. The molecule has 0 saturated heterocycles. The van der Waals surface area contributed by atoms with E-state index in [-0.39, 0.29) is 5.91 Å². The molecule has 2 rings (SSSR count). The van der Waals surface area contributed by atoms with Gasteiger partial charge >= 0.3 is 0 Å². The summed E-state index contributed by atoms with van der Waals surface area (Å²) in [6.45, 7) is 1.91. The van der Waals surface area contributed by atoms with Crippen LogP contribution in [0.25, 0.3) is 0 Å². The Morgan fingerprint density at radius 2 is 2.06 bits per heavy atom. The van der Waals surface area contributed by atoms with Crippen LogP contribution in [0, 0.1) is 0 Å². The zero-order valence-electron chi connectivity index (χ0n) is 9.11. The molecule has 0 spiro atoms. The molecule has 1 heterocycles. The molecule has 88 valence electrons. The lowest BCUT2D eigenvalue weighted by Crippen LogP contribution is -2.13. The number of carbonyl (C=O) groups is 1. The quantitative estimate of drug-likeness (QED) is 0.945. The third-order valence-electron chi connectivity index (χ3n) is 2.23. The van der Waals surface area contributed by atoms with Gasteiger partial charge in [0, 0.05) is 10.0 Å². The lowest BCUT2D eigenvalue weighted by molar-refractivity contribution is 0.102. The second kappa shape index (κ2) is 5.09. The van der Waals surface area contributed by atoms with E-state index >= 15 is 0 Å². The maximum atomic E-state index is 11.9. The Kier molecular flexibility index (Phi) is 3.53. The zero-order valence-corrected chi connectivity index (χ0v) is 10.7. The highest BCUT2D eigenvalue weighted by Crippen LogP contribution is 2.14. The largest absolute Gasteiger partial charge is 0.302 e. The van der Waals surface area contributed by atoms with Gasteiger partial charge in [-0.15, -0.1) is 0 Å². The number of nitrogens with zero attached hydrogens (tertiary/aromatic N) is 2. The molecule has 1 N–H and O–H groups in total. The predicted molar refractivity (Wildman–Crippen MR) is 65.8 cm³/mol. The molecule has 0 fully saturated rings. The van der Waals surface area contributed by atoms with Gasteiger partial charge < -0.3 is 5.32 Å². The summed E-state index contributed by atoms with van der Waals surface area (Å²) in [4.78, 5) is 11.9. The summed E-state index contributed by atoms with van der Waals surface area (Å²) < 4.78 is 5.49. The van der Waals surface area contributed by atoms with Crippen LogP contribution in [0.4, 0.5) is 5.82 Å². The topological polar surface area (TPSA) is 68.0 Å². The van der Waals surface area contributed by atoms with Gasteiger partial charge in [-0.25, -0.2) is 4.63 Å². The molecule has 0 radical (unpaired) electrons. The van der Waals surface area contributed by atoms with E-state index in [2.05, 4.69) is 36.2 Å². The van der Waals surface area contributed by atoms with Crippen molar-refractivity contribution in [2.45, 2.75) is 13.3 Å². The molecular formula is C11H10BrN3O2. The molecule has 1 aromatic heterocycles. The van der Waals surface area contributed by atoms with E-state index in [1.54, 1.807) is 24.3 Å². The fourth-order valence-corrected chi connectivity index (χ4v) is 1.58. The van der Waals surface area contributed by atoms with Gasteiger partial charge in [-0.3, -0.25) is 4.79 Å². The van der Waals surface area contributed by atoms with Gasteiger partial charge in [-0.1, -0.05) is 28.0 Å². The van der Waals surface area contributed by atoms with Crippen molar-refractivity contribution >= 4 is 27.7 Å². The zero-order chi connectivity index (χ0) is 12.3. The minimum atomic E-state index is -0.233. The van der Waals surface area contributed by atoms with Crippen LogP contribution in [0.1, 0.15) is 23.0 Å². The summed E-state index contributed by atoms with van der Waals surface area (Å²) in [7, 11) is 0. The maximum absolute atomic E-state index is 11.9. The first-order chi connectivity index (χ1) is 8.20. The van der Waals surface area contributed by atoms with Crippen molar-refractivity contribution in [2.24, 2.45) is 0 Å². The number of benzene rings is 1. The standard InChI is InChI=1S/C11H10BrN3O2/c1-2-9-10(15-17-14-9)13-11(16)7-3-5-8(12)6-4-7/h3-6H,2H2,1H3,(H,13,15,16). The van der Waals surface area contributed by atoms with Crippen LogP contribution in [-0.4, -0.2) is 16.2 Å². The number of rotatable bonds is 3. The molecule has 0 saturated carbocycles. The number of nitrogens with one attached hydrogen (secondary N) is 1. The fraction of sp³-hybridized carbons (Fsp3) is 0.182. The summed E-state index contributed by atoms with van der Waals surface area (Å²) in [5.41, 5.74) is 1.19. The second-order valence-electron chi connectivity index (χ2n) is 3.37. The molecular weight excluding hydrogens is 286 g/mol. The molecule has 0 bridgehead atoms. The smallest absolute Gasteiger partial charge is 0.256 e. The van der Waals surface area contributed by atoms with E-state index < -0.39 is 0 Å². The van der Waals surface area contributed by atoms with Crippen molar-refractivity contribution in [3.8, 4) is 0 Å². The van der Waals surface area contributed by atoms with Crippen LogP contribution in [0.2, 0.25) is 0 Å². The third-order valence-corrected chi connectivity index (χ3v) is 2.76. The molecule has 2 aromatic rings. The molecule has 0 atom stereocenters. The highest BCUT2D eigenvalue weighted by Gasteiger charge is 2.12. The first kappa shape index (κ1) is 11.8. The molecule has 1 aromatic carbocycles. The normalized spacial score (nSPS) is 10.2. The Hall–Kier alpha value is -1.69. The number of amides is 1. The summed E-state index contributed by atoms with van der Waals surface area (Å²) >= 11 is 3.31. The summed E-state index contributed by atoms with van der Waals surface area (Å²) in [6.07, 6.45) is 0.652. The van der Waals surface area contributed by atoms with E-state index in [0.29, 0.717) is 23.5 Å². The van der Waals surface area contributed by atoms with Gasteiger partial charge in [0.25, 0.3) is 5.91 Å². The van der Waals surface area contributed by atoms with Crippen molar-refractivity contribution in [1.82, 2.24) is 10.3 Å². The lowest BCUT2D eigenvalue weighted by Gasteiger charge is -2.02. The lowest BCUT2D eigenvalue weighted by atomic mass is 10.2. The van der Waals surface area contributed by atoms with E-state index in [9.17, 15) is 4.79 Å². The van der Waals surface area contributed by atoms with Crippen LogP contribution in [0.5, 0.6) is 0 Å². The number of aryl methyl sites for hydroxylation is 1. The number of hydrogen-bond acceptors (Lipinski definition) is 4. The van der Waals surface area contributed by atoms with Crippen LogP contribution in [-0.2, 0) is 6.42 Å². The second-order valence-corrected chi connectivity index (χ2v) is 4.29. The minimum Gasteiger partial charge on any atom is -0.302 e. The van der Waals surface area contributed by atoms with Gasteiger partial charge in [0.15, 0.2) is 0 Å². The fourth-order valence-electron chi connectivity index (χ4n) is 1.31. The molecule has 5 nitrogen and oxygen atoms in total. The number of carbonyl (C=O) groups excluding carboxylic acids is 1. The monoisotopic (exact) mass is 295 g/mol. The molecule has 0 unspecified atom stereocenters. The highest BCUT2D eigenvalue weighted by molar-refractivity contribution is 9.10. The Labute approximate surface area is 106 Å². The van der Waals surface area contributed by atoms with Crippen LogP contribution < -0.4 is 5.32 Å². The summed E-state index contributed by atoms with van der Waals surface area (Å²) in [5.74, 6) is 0.142. The molecule has 0 aliphatic rings. The number of aromatic nitrogens is 2. The SMILES string of the molecule is CCc1nonc1NC(=O)c1ccc(Br)cc1. The molecule has 0 aliphatic carbocycles. The van der Waals surface area contributed by atoms with Crippen molar-refractivity contribution in [2.75, 3.05) is 5.32 Å². The van der Waals surface area contributed by atoms with E-state index in [0.717, 1.165) is 4.47 Å². The minimum absolute atomic E-state index is 0.233. The van der Waals surface area contributed by atoms with Crippen LogP contribution in [0.3, 0.4) is 0 Å².